The summed E-state index contributed by atoms with van der Waals surface area (Å²) in [6, 6.07) is 4.14. The molecular formula is C12H13IN2O4. The highest BCUT2D eigenvalue weighted by Gasteiger charge is 2.34. The number of aliphatic hydroxyl groups is 1. The van der Waals surface area contributed by atoms with Crippen LogP contribution in [-0.4, -0.2) is 28.1 Å². The third-order valence-corrected chi connectivity index (χ3v) is 4.21. The van der Waals surface area contributed by atoms with Crippen LogP contribution >= 0.6 is 22.6 Å². The number of non-ortho nitro benzene ring substituents is 1. The second-order valence-electron chi connectivity index (χ2n) is 4.68. The lowest BCUT2D eigenvalue weighted by atomic mass is 9.80. The van der Waals surface area contributed by atoms with E-state index in [0.717, 1.165) is 6.42 Å². The van der Waals surface area contributed by atoms with Gasteiger partial charge in [-0.3, -0.25) is 14.9 Å². The lowest BCUT2D eigenvalue weighted by Crippen LogP contribution is -2.47. The maximum absolute atomic E-state index is 12.0. The maximum Gasteiger partial charge on any atom is 0.270 e. The van der Waals surface area contributed by atoms with Gasteiger partial charge in [0.15, 0.2) is 0 Å². The van der Waals surface area contributed by atoms with Crippen molar-refractivity contribution in [1.29, 1.82) is 0 Å². The van der Waals surface area contributed by atoms with Gasteiger partial charge in [-0.15, -0.1) is 0 Å². The summed E-state index contributed by atoms with van der Waals surface area (Å²) < 4.78 is 0.640. The molecule has 0 bridgehead atoms. The van der Waals surface area contributed by atoms with Gasteiger partial charge in [0.1, 0.15) is 0 Å². The van der Waals surface area contributed by atoms with E-state index in [0.29, 0.717) is 16.4 Å². The lowest BCUT2D eigenvalue weighted by molar-refractivity contribution is -0.384. The van der Waals surface area contributed by atoms with Gasteiger partial charge in [0.2, 0.25) is 0 Å². The van der Waals surface area contributed by atoms with Crippen LogP contribution in [0.15, 0.2) is 18.2 Å². The van der Waals surface area contributed by atoms with Gasteiger partial charge in [-0.25, -0.2) is 0 Å². The van der Waals surface area contributed by atoms with E-state index < -0.39 is 16.4 Å². The van der Waals surface area contributed by atoms with E-state index in [1.165, 1.54) is 18.2 Å². The van der Waals surface area contributed by atoms with E-state index >= 15 is 0 Å². The van der Waals surface area contributed by atoms with Crippen LogP contribution in [0.2, 0.25) is 0 Å². The standard InChI is InChI=1S/C12H13IN2O4/c13-10-3-2-8(15(18)19)6-9(10)11(16)14-7-12(17)4-1-5-12/h2-3,6,17H,1,4-5,7H2,(H,14,16). The first-order valence-corrected chi connectivity index (χ1v) is 6.94. The van der Waals surface area contributed by atoms with Gasteiger partial charge >= 0.3 is 0 Å². The van der Waals surface area contributed by atoms with Crippen LogP contribution in [0.1, 0.15) is 29.6 Å². The number of nitro groups is 1. The Bertz CT molecular complexity index is 528. The molecule has 0 radical (unpaired) electrons. The van der Waals surface area contributed by atoms with Crippen molar-refractivity contribution >= 4 is 34.2 Å². The first-order chi connectivity index (χ1) is 8.91. The minimum Gasteiger partial charge on any atom is -0.388 e. The molecule has 0 aromatic heterocycles. The summed E-state index contributed by atoms with van der Waals surface area (Å²) in [5.74, 6) is -0.395. The first-order valence-electron chi connectivity index (χ1n) is 5.86. The Balaban J connectivity index is 2.09. The summed E-state index contributed by atoms with van der Waals surface area (Å²) in [6.45, 7) is 0.185. The smallest absolute Gasteiger partial charge is 0.270 e. The molecule has 0 spiro atoms. The highest BCUT2D eigenvalue weighted by atomic mass is 127. The van der Waals surface area contributed by atoms with Gasteiger partial charge in [-0.2, -0.15) is 0 Å². The largest absolute Gasteiger partial charge is 0.388 e. The predicted octanol–water partition coefficient (Wildman–Crippen LogP) is 1.84. The van der Waals surface area contributed by atoms with Crippen LogP contribution in [0.4, 0.5) is 5.69 Å². The molecule has 2 N–H and O–H groups in total. The number of nitro benzene ring substituents is 1. The number of nitrogens with zero attached hydrogens (tertiary/aromatic N) is 1. The highest BCUT2D eigenvalue weighted by molar-refractivity contribution is 14.1. The molecule has 1 aliphatic rings. The Morgan fingerprint density at radius 3 is 2.74 bits per heavy atom. The quantitative estimate of drug-likeness (QED) is 0.477. The van der Waals surface area contributed by atoms with Crippen LogP contribution in [-0.2, 0) is 0 Å². The van der Waals surface area contributed by atoms with Crippen molar-refractivity contribution in [2.24, 2.45) is 0 Å². The molecule has 1 aromatic rings. The zero-order valence-corrected chi connectivity index (χ0v) is 12.2. The molecule has 1 fully saturated rings. The van der Waals surface area contributed by atoms with E-state index in [9.17, 15) is 20.0 Å². The molecule has 1 aromatic carbocycles. The fourth-order valence-electron chi connectivity index (χ4n) is 1.90. The summed E-state index contributed by atoms with van der Waals surface area (Å²) in [7, 11) is 0. The van der Waals surface area contributed by atoms with Gasteiger partial charge in [-0.05, 0) is 47.9 Å². The summed E-state index contributed by atoms with van der Waals surface area (Å²) >= 11 is 1.95. The fourth-order valence-corrected chi connectivity index (χ4v) is 2.48. The Morgan fingerprint density at radius 2 is 2.21 bits per heavy atom. The first kappa shape index (κ1) is 14.2. The van der Waals surface area contributed by atoms with Gasteiger partial charge in [0.25, 0.3) is 11.6 Å². The molecule has 1 amide bonds. The molecule has 0 atom stereocenters. The number of benzene rings is 1. The molecule has 0 aliphatic heterocycles. The summed E-state index contributed by atoms with van der Waals surface area (Å²) in [5, 5.41) is 23.2. The summed E-state index contributed by atoms with van der Waals surface area (Å²) in [5.41, 5.74) is -0.660. The van der Waals surface area contributed by atoms with Crippen molar-refractivity contribution in [3.63, 3.8) is 0 Å². The molecule has 0 heterocycles. The van der Waals surface area contributed by atoms with E-state index in [4.69, 9.17) is 0 Å². The Labute approximate surface area is 123 Å². The van der Waals surface area contributed by atoms with Crippen LogP contribution in [0.3, 0.4) is 0 Å². The molecule has 2 rings (SSSR count). The molecule has 0 unspecified atom stereocenters. The average molecular weight is 376 g/mol. The van der Waals surface area contributed by atoms with Crippen molar-refractivity contribution < 1.29 is 14.8 Å². The number of carbonyl (C=O) groups is 1. The van der Waals surface area contributed by atoms with Gasteiger partial charge in [-0.1, -0.05) is 0 Å². The molecule has 102 valence electrons. The molecule has 1 saturated carbocycles. The second kappa shape index (κ2) is 5.41. The topological polar surface area (TPSA) is 92.5 Å². The lowest BCUT2D eigenvalue weighted by Gasteiger charge is -2.36. The van der Waals surface area contributed by atoms with Gasteiger partial charge < -0.3 is 10.4 Å². The van der Waals surface area contributed by atoms with Gasteiger partial charge in [0.05, 0.1) is 16.1 Å². The minimum atomic E-state index is -0.804. The third-order valence-electron chi connectivity index (χ3n) is 3.27. The fraction of sp³-hybridized carbons (Fsp3) is 0.417. The van der Waals surface area contributed by atoms with Crippen LogP contribution < -0.4 is 5.32 Å². The zero-order chi connectivity index (χ0) is 14.0. The van der Waals surface area contributed by atoms with Crippen molar-refractivity contribution in [3.05, 3.63) is 37.4 Å². The maximum atomic E-state index is 12.0. The molecular weight excluding hydrogens is 363 g/mol. The third kappa shape index (κ3) is 3.21. The van der Waals surface area contributed by atoms with Crippen molar-refractivity contribution in [2.45, 2.75) is 24.9 Å². The average Bonchev–Trinajstić information content (AvgIpc) is 2.34. The molecule has 7 heteroatoms. The van der Waals surface area contributed by atoms with E-state index in [2.05, 4.69) is 5.32 Å². The zero-order valence-electron chi connectivity index (χ0n) is 10.1. The normalized spacial score (nSPS) is 16.5. The number of carbonyl (C=O) groups excluding carboxylic acids is 1. The van der Waals surface area contributed by atoms with Crippen LogP contribution in [0.5, 0.6) is 0 Å². The van der Waals surface area contributed by atoms with Crippen molar-refractivity contribution in [2.75, 3.05) is 6.54 Å². The molecule has 19 heavy (non-hydrogen) atoms. The number of nitrogens with one attached hydrogen (secondary N) is 1. The second-order valence-corrected chi connectivity index (χ2v) is 5.84. The van der Waals surface area contributed by atoms with E-state index in [-0.39, 0.29) is 17.8 Å². The SMILES string of the molecule is O=C(NCC1(O)CCC1)c1cc([N+](=O)[O-])ccc1I. The van der Waals surface area contributed by atoms with E-state index in [1.807, 2.05) is 22.6 Å². The number of hydrogen-bond acceptors (Lipinski definition) is 4. The van der Waals surface area contributed by atoms with Gasteiger partial charge in [0, 0.05) is 22.2 Å². The number of rotatable bonds is 4. The number of hydrogen-bond donors (Lipinski definition) is 2. The highest BCUT2D eigenvalue weighted by Crippen LogP contribution is 2.30. The molecule has 0 saturated heterocycles. The Kier molecular flexibility index (Phi) is 4.04. The van der Waals surface area contributed by atoms with Crippen molar-refractivity contribution in [3.8, 4) is 0 Å². The minimum absolute atomic E-state index is 0.118. The van der Waals surface area contributed by atoms with E-state index in [1.54, 1.807) is 0 Å². The Morgan fingerprint density at radius 1 is 1.53 bits per heavy atom. The monoisotopic (exact) mass is 376 g/mol. The number of halogens is 1. The summed E-state index contributed by atoms with van der Waals surface area (Å²) in [6.07, 6.45) is 2.32. The van der Waals surface area contributed by atoms with Crippen molar-refractivity contribution in [1.82, 2.24) is 5.32 Å². The van der Waals surface area contributed by atoms with Crippen LogP contribution in [0, 0.1) is 13.7 Å². The number of amides is 1. The van der Waals surface area contributed by atoms with Crippen LogP contribution in [0.25, 0.3) is 0 Å². The Hall–Kier alpha value is -1.22. The molecule has 6 nitrogen and oxygen atoms in total. The summed E-state index contributed by atoms with van der Waals surface area (Å²) in [4.78, 5) is 22.1. The predicted molar refractivity (Wildman–Crippen MR) is 76.9 cm³/mol. The molecule has 1 aliphatic carbocycles.